The molecule has 2 atom stereocenters. The molecule has 1 amide bonds. The molecule has 2 heterocycles. The maximum Gasteiger partial charge on any atom is 0.234 e. The van der Waals surface area contributed by atoms with Crippen LogP contribution in [0.15, 0.2) is 59.8 Å². The second kappa shape index (κ2) is 9.47. The summed E-state index contributed by atoms with van der Waals surface area (Å²) < 4.78 is 2.20. The van der Waals surface area contributed by atoms with Crippen molar-refractivity contribution in [3.63, 3.8) is 0 Å². The molecule has 2 aromatic carbocycles. The van der Waals surface area contributed by atoms with Gasteiger partial charge in [0.25, 0.3) is 0 Å². The number of carbonyl (C=O) groups excluding carboxylic acids is 1. The fourth-order valence-corrected chi connectivity index (χ4v) is 4.59. The van der Waals surface area contributed by atoms with E-state index < -0.39 is 0 Å². The van der Waals surface area contributed by atoms with Gasteiger partial charge in [-0.1, -0.05) is 74.1 Å². The van der Waals surface area contributed by atoms with Gasteiger partial charge in [-0.15, -0.1) is 10.2 Å². The Morgan fingerprint density at radius 3 is 2.55 bits per heavy atom. The first-order chi connectivity index (χ1) is 15.1. The lowest BCUT2D eigenvalue weighted by Gasteiger charge is -2.18. The highest BCUT2D eigenvalue weighted by molar-refractivity contribution is 8.00. The second-order valence-electron chi connectivity index (χ2n) is 7.59. The van der Waals surface area contributed by atoms with Crippen molar-refractivity contribution >= 4 is 39.7 Å². The minimum Gasteiger partial charge on any atom is -0.349 e. The smallest absolute Gasteiger partial charge is 0.234 e. The lowest BCUT2D eigenvalue weighted by Crippen LogP contribution is -2.34. The van der Waals surface area contributed by atoms with Gasteiger partial charge in [-0.05, 0) is 31.4 Å². The van der Waals surface area contributed by atoms with Crippen molar-refractivity contribution in [2.75, 3.05) is 0 Å². The van der Waals surface area contributed by atoms with Gasteiger partial charge in [0.05, 0.1) is 16.8 Å². The zero-order chi connectivity index (χ0) is 21.8. The van der Waals surface area contributed by atoms with Crippen LogP contribution in [-0.4, -0.2) is 30.9 Å². The van der Waals surface area contributed by atoms with Gasteiger partial charge in [0.1, 0.15) is 5.52 Å². The van der Waals surface area contributed by atoms with Crippen molar-refractivity contribution in [1.29, 1.82) is 0 Å². The molecule has 0 saturated heterocycles. The zero-order valence-electron chi connectivity index (χ0n) is 18.1. The molecule has 2 unspecified atom stereocenters. The van der Waals surface area contributed by atoms with Crippen molar-refractivity contribution in [3.05, 3.63) is 60.2 Å². The molecule has 1 N–H and O–H groups in total. The highest BCUT2D eigenvalue weighted by Crippen LogP contribution is 2.29. The van der Waals surface area contributed by atoms with Crippen LogP contribution < -0.4 is 5.32 Å². The molecule has 4 rings (SSSR count). The lowest BCUT2D eigenvalue weighted by molar-refractivity contribution is -0.121. The van der Waals surface area contributed by atoms with E-state index in [0.717, 1.165) is 40.6 Å². The molecular weight excluding hydrogens is 406 g/mol. The van der Waals surface area contributed by atoms with Crippen molar-refractivity contribution in [3.8, 4) is 0 Å². The third kappa shape index (κ3) is 4.42. The number of nitrogens with one attached hydrogen (secondary N) is 1. The molecule has 0 bridgehead atoms. The molecule has 4 aromatic rings. The van der Waals surface area contributed by atoms with E-state index in [4.69, 9.17) is 4.98 Å². The summed E-state index contributed by atoms with van der Waals surface area (Å²) in [4.78, 5) is 17.7. The number of hydrogen-bond donors (Lipinski definition) is 1. The van der Waals surface area contributed by atoms with Gasteiger partial charge < -0.3 is 9.88 Å². The van der Waals surface area contributed by atoms with Crippen LogP contribution in [0.4, 0.5) is 0 Å². The first kappa shape index (κ1) is 21.3. The topological polar surface area (TPSA) is 72.7 Å². The van der Waals surface area contributed by atoms with Crippen molar-refractivity contribution in [2.24, 2.45) is 0 Å². The van der Waals surface area contributed by atoms with E-state index in [1.807, 2.05) is 56.3 Å². The number of nitrogens with zero attached hydrogens (tertiary/aromatic N) is 4. The summed E-state index contributed by atoms with van der Waals surface area (Å²) in [5.74, 6) is -0.0124. The van der Waals surface area contributed by atoms with Gasteiger partial charge in [-0.3, -0.25) is 4.79 Å². The Hall–Kier alpha value is -2.93. The number of benzene rings is 2. The predicted octanol–water partition coefficient (Wildman–Crippen LogP) is 5.14. The first-order valence-corrected chi connectivity index (χ1v) is 11.6. The quantitative estimate of drug-likeness (QED) is 0.390. The van der Waals surface area contributed by atoms with Crippen LogP contribution in [-0.2, 0) is 11.3 Å². The standard InChI is InChI=1S/C24H27N5OS/c1-4-15-29-19-14-10-9-13-18(19)21-22(29)26-24(28-27-21)31-20(5-2)23(30)25-16(3)17-11-7-6-8-12-17/h6-14,16,20H,4-5,15H2,1-3H3,(H,25,30). The Balaban J connectivity index is 1.58. The third-order valence-electron chi connectivity index (χ3n) is 5.37. The SMILES string of the molecule is CCCn1c2ccccc2c2nnc(SC(CC)C(=O)NC(C)c3ccccc3)nc21. The van der Waals surface area contributed by atoms with E-state index in [1.54, 1.807) is 0 Å². The van der Waals surface area contributed by atoms with Gasteiger partial charge in [0, 0.05) is 11.9 Å². The minimum absolute atomic E-state index is 0.0124. The van der Waals surface area contributed by atoms with Gasteiger partial charge >= 0.3 is 0 Å². The Bertz CT molecular complexity index is 1190. The van der Waals surface area contributed by atoms with Crippen LogP contribution >= 0.6 is 11.8 Å². The van der Waals surface area contributed by atoms with Crippen LogP contribution in [0, 0.1) is 0 Å². The van der Waals surface area contributed by atoms with Crippen molar-refractivity contribution in [2.45, 2.75) is 56.6 Å². The fourth-order valence-electron chi connectivity index (χ4n) is 3.77. The van der Waals surface area contributed by atoms with Gasteiger partial charge in [0.15, 0.2) is 5.65 Å². The Morgan fingerprint density at radius 1 is 1.06 bits per heavy atom. The van der Waals surface area contributed by atoms with E-state index in [1.165, 1.54) is 11.8 Å². The number of aromatic nitrogens is 4. The maximum atomic E-state index is 12.9. The highest BCUT2D eigenvalue weighted by Gasteiger charge is 2.23. The second-order valence-corrected chi connectivity index (χ2v) is 8.76. The molecule has 0 aliphatic heterocycles. The average molecular weight is 434 g/mol. The van der Waals surface area contributed by atoms with Crippen LogP contribution in [0.1, 0.15) is 45.2 Å². The van der Waals surface area contributed by atoms with Crippen molar-refractivity contribution < 1.29 is 4.79 Å². The molecule has 0 radical (unpaired) electrons. The summed E-state index contributed by atoms with van der Waals surface area (Å²) in [6, 6.07) is 18.1. The molecule has 2 aromatic heterocycles. The molecule has 0 fully saturated rings. The number of para-hydroxylation sites is 1. The van der Waals surface area contributed by atoms with Crippen LogP contribution in [0.3, 0.4) is 0 Å². The van der Waals surface area contributed by atoms with Gasteiger partial charge in [-0.25, -0.2) is 4.98 Å². The van der Waals surface area contributed by atoms with E-state index in [0.29, 0.717) is 11.6 Å². The third-order valence-corrected chi connectivity index (χ3v) is 6.59. The van der Waals surface area contributed by atoms with E-state index >= 15 is 0 Å². The number of thioether (sulfide) groups is 1. The Kier molecular flexibility index (Phi) is 6.51. The summed E-state index contributed by atoms with van der Waals surface area (Å²) >= 11 is 1.38. The maximum absolute atomic E-state index is 12.9. The van der Waals surface area contributed by atoms with Crippen LogP contribution in [0.5, 0.6) is 0 Å². The fraction of sp³-hybridized carbons (Fsp3) is 0.333. The molecule has 0 spiro atoms. The predicted molar refractivity (Wildman–Crippen MR) is 126 cm³/mol. The van der Waals surface area contributed by atoms with E-state index in [2.05, 4.69) is 39.1 Å². The molecular formula is C24H27N5OS. The number of carbonyl (C=O) groups is 1. The molecule has 0 aliphatic carbocycles. The van der Waals surface area contributed by atoms with Crippen LogP contribution in [0.2, 0.25) is 0 Å². The van der Waals surface area contributed by atoms with Crippen LogP contribution in [0.25, 0.3) is 22.1 Å². The number of aryl methyl sites for hydroxylation is 1. The van der Waals surface area contributed by atoms with Gasteiger partial charge in [-0.2, -0.15) is 0 Å². The molecule has 7 heteroatoms. The van der Waals surface area contributed by atoms with Crippen molar-refractivity contribution in [1.82, 2.24) is 25.1 Å². The number of hydrogen-bond acceptors (Lipinski definition) is 5. The first-order valence-electron chi connectivity index (χ1n) is 10.8. The normalized spacial score (nSPS) is 13.4. The summed E-state index contributed by atoms with van der Waals surface area (Å²) in [7, 11) is 0. The highest BCUT2D eigenvalue weighted by atomic mass is 32.2. The number of rotatable bonds is 8. The van der Waals surface area contributed by atoms with E-state index in [-0.39, 0.29) is 17.2 Å². The molecule has 0 aliphatic rings. The number of amides is 1. The Labute approximate surface area is 186 Å². The number of fused-ring (bicyclic) bond motifs is 3. The van der Waals surface area contributed by atoms with Gasteiger partial charge in [0.2, 0.25) is 11.1 Å². The molecule has 0 saturated carbocycles. The average Bonchev–Trinajstić information content (AvgIpc) is 3.11. The Morgan fingerprint density at radius 2 is 1.81 bits per heavy atom. The summed E-state index contributed by atoms with van der Waals surface area (Å²) in [6.07, 6.45) is 1.68. The van der Waals surface area contributed by atoms with E-state index in [9.17, 15) is 4.79 Å². The monoisotopic (exact) mass is 433 g/mol. The lowest BCUT2D eigenvalue weighted by atomic mass is 10.1. The summed E-state index contributed by atoms with van der Waals surface area (Å²) in [5.41, 5.74) is 3.83. The largest absolute Gasteiger partial charge is 0.349 e. The molecule has 6 nitrogen and oxygen atoms in total. The zero-order valence-corrected chi connectivity index (χ0v) is 18.9. The minimum atomic E-state index is -0.283. The molecule has 31 heavy (non-hydrogen) atoms. The summed E-state index contributed by atoms with van der Waals surface area (Å²) in [5, 5.41) is 13.3. The summed E-state index contributed by atoms with van der Waals surface area (Å²) in [6.45, 7) is 7.01. The molecule has 160 valence electrons.